The molecule has 0 aliphatic rings. The summed E-state index contributed by atoms with van der Waals surface area (Å²) >= 11 is 0. The number of hydrogen-bond acceptors (Lipinski definition) is 6. The van der Waals surface area contributed by atoms with E-state index in [9.17, 15) is 14.7 Å². The molecular weight excluding hydrogens is 276 g/mol. The number of carbonyl (C=O) groups is 1. The molecule has 0 saturated heterocycles. The fraction of sp³-hybridized carbons (Fsp3) is 0.333. The number of phenols is 1. The van der Waals surface area contributed by atoms with Crippen LogP contribution in [0, 0.1) is 0 Å². The second-order valence-electron chi connectivity index (χ2n) is 4.37. The third kappa shape index (κ3) is 4.06. The Morgan fingerprint density at radius 2 is 2.10 bits per heavy atom. The molecule has 0 saturated carbocycles. The van der Waals surface area contributed by atoms with Crippen molar-refractivity contribution in [3.05, 3.63) is 40.2 Å². The number of carbonyl (C=O) groups excluding carboxylic acids is 1. The molecule has 0 radical (unpaired) electrons. The molecule has 6 heteroatoms. The highest BCUT2D eigenvalue weighted by molar-refractivity contribution is 5.85. The highest BCUT2D eigenvalue weighted by Crippen LogP contribution is 2.22. The maximum Gasteiger partial charge on any atom is 0.336 e. The number of esters is 1. The molecule has 0 fully saturated rings. The molecule has 1 aromatic heterocycles. The maximum absolute atomic E-state index is 11.7. The van der Waals surface area contributed by atoms with Crippen LogP contribution in [0.1, 0.15) is 12.5 Å². The summed E-state index contributed by atoms with van der Waals surface area (Å²) < 4.78 is 15.1. The van der Waals surface area contributed by atoms with E-state index in [0.717, 1.165) is 0 Å². The smallest absolute Gasteiger partial charge is 0.336 e. The van der Waals surface area contributed by atoms with Crippen molar-refractivity contribution in [3.8, 4) is 5.75 Å². The van der Waals surface area contributed by atoms with E-state index >= 15 is 0 Å². The molecule has 1 heterocycles. The number of fused-ring (bicyclic) bond motifs is 1. The van der Waals surface area contributed by atoms with Crippen LogP contribution in [0.3, 0.4) is 0 Å². The van der Waals surface area contributed by atoms with E-state index in [1.165, 1.54) is 18.2 Å². The highest BCUT2D eigenvalue weighted by atomic mass is 16.6. The molecule has 0 atom stereocenters. The molecule has 6 nitrogen and oxygen atoms in total. The second-order valence-corrected chi connectivity index (χ2v) is 4.37. The van der Waals surface area contributed by atoms with Crippen molar-refractivity contribution in [1.82, 2.24) is 0 Å². The van der Waals surface area contributed by atoms with Crippen molar-refractivity contribution < 1.29 is 23.8 Å². The maximum atomic E-state index is 11.7. The van der Waals surface area contributed by atoms with Gasteiger partial charge in [0, 0.05) is 24.1 Å². The number of rotatable bonds is 6. The summed E-state index contributed by atoms with van der Waals surface area (Å²) in [5.74, 6) is -0.461. The largest absolute Gasteiger partial charge is 0.508 e. The lowest BCUT2D eigenvalue weighted by Gasteiger charge is -2.07. The summed E-state index contributed by atoms with van der Waals surface area (Å²) in [7, 11) is 0. The molecule has 21 heavy (non-hydrogen) atoms. The van der Waals surface area contributed by atoms with Crippen molar-refractivity contribution in [2.75, 3.05) is 19.8 Å². The van der Waals surface area contributed by atoms with Crippen LogP contribution in [0.5, 0.6) is 5.75 Å². The first-order valence-corrected chi connectivity index (χ1v) is 6.59. The molecule has 0 aliphatic carbocycles. The van der Waals surface area contributed by atoms with Gasteiger partial charge in [-0.05, 0) is 24.6 Å². The normalized spacial score (nSPS) is 10.7. The first kappa shape index (κ1) is 15.1. The Morgan fingerprint density at radius 3 is 2.86 bits per heavy atom. The summed E-state index contributed by atoms with van der Waals surface area (Å²) in [5.41, 5.74) is 0.160. The van der Waals surface area contributed by atoms with E-state index in [2.05, 4.69) is 0 Å². The first-order chi connectivity index (χ1) is 10.1. The molecular formula is C15H16O6. The van der Waals surface area contributed by atoms with E-state index in [1.807, 2.05) is 6.92 Å². The summed E-state index contributed by atoms with van der Waals surface area (Å²) in [4.78, 5) is 23.2. The van der Waals surface area contributed by atoms with Crippen LogP contribution in [0.2, 0.25) is 0 Å². The standard InChI is InChI=1S/C15H16O6/c1-2-19-5-6-20-14(17)7-10-8-15(18)21-13-9-11(16)3-4-12(10)13/h3-4,8-9,16H,2,5-7H2,1H3. The van der Waals surface area contributed by atoms with Crippen molar-refractivity contribution in [3.63, 3.8) is 0 Å². The molecule has 2 aromatic rings. The van der Waals surface area contributed by atoms with Crippen LogP contribution in [0.4, 0.5) is 0 Å². The lowest BCUT2D eigenvalue weighted by Crippen LogP contribution is -2.14. The number of ether oxygens (including phenoxy) is 2. The van der Waals surface area contributed by atoms with Gasteiger partial charge in [0.25, 0.3) is 0 Å². The lowest BCUT2D eigenvalue weighted by atomic mass is 10.1. The molecule has 0 unspecified atom stereocenters. The van der Waals surface area contributed by atoms with E-state index in [4.69, 9.17) is 13.9 Å². The molecule has 0 bridgehead atoms. The Bertz CT molecular complexity index is 688. The zero-order valence-electron chi connectivity index (χ0n) is 11.6. The fourth-order valence-electron chi connectivity index (χ4n) is 1.93. The van der Waals surface area contributed by atoms with Crippen LogP contribution < -0.4 is 5.63 Å². The van der Waals surface area contributed by atoms with E-state index in [1.54, 1.807) is 6.07 Å². The molecule has 112 valence electrons. The Labute approximate surface area is 120 Å². The Morgan fingerprint density at radius 1 is 1.29 bits per heavy atom. The molecule has 0 spiro atoms. The number of phenolic OH excluding ortho intramolecular Hbond substituents is 1. The van der Waals surface area contributed by atoms with Crippen LogP contribution in [-0.4, -0.2) is 30.9 Å². The average Bonchev–Trinajstić information content (AvgIpc) is 2.43. The number of aromatic hydroxyl groups is 1. The van der Waals surface area contributed by atoms with Gasteiger partial charge in [-0.1, -0.05) is 0 Å². The van der Waals surface area contributed by atoms with Crippen LogP contribution >= 0.6 is 0 Å². The summed E-state index contributed by atoms with van der Waals surface area (Å²) in [6.45, 7) is 2.93. The first-order valence-electron chi connectivity index (χ1n) is 6.59. The lowest BCUT2D eigenvalue weighted by molar-refractivity contribution is -0.144. The minimum atomic E-state index is -0.579. The average molecular weight is 292 g/mol. The molecule has 0 amide bonds. The molecule has 2 rings (SSSR count). The summed E-state index contributed by atoms with van der Waals surface area (Å²) in [5, 5.41) is 9.98. The summed E-state index contributed by atoms with van der Waals surface area (Å²) in [6, 6.07) is 5.65. The monoisotopic (exact) mass is 292 g/mol. The van der Waals surface area contributed by atoms with Gasteiger partial charge >= 0.3 is 11.6 Å². The SMILES string of the molecule is CCOCCOC(=O)Cc1cc(=O)oc2cc(O)ccc12. The van der Waals surface area contributed by atoms with E-state index in [0.29, 0.717) is 24.2 Å². The third-order valence-electron chi connectivity index (χ3n) is 2.84. The zero-order chi connectivity index (χ0) is 15.2. The van der Waals surface area contributed by atoms with Crippen molar-refractivity contribution in [2.24, 2.45) is 0 Å². The minimum Gasteiger partial charge on any atom is -0.508 e. The van der Waals surface area contributed by atoms with Crippen molar-refractivity contribution in [1.29, 1.82) is 0 Å². The predicted octanol–water partition coefficient (Wildman–Crippen LogP) is 1.62. The van der Waals surface area contributed by atoms with Crippen LogP contribution in [0.25, 0.3) is 11.0 Å². The van der Waals surface area contributed by atoms with Gasteiger partial charge in [0.1, 0.15) is 17.9 Å². The van der Waals surface area contributed by atoms with Gasteiger partial charge in [-0.25, -0.2) is 4.79 Å². The van der Waals surface area contributed by atoms with E-state index < -0.39 is 11.6 Å². The quantitative estimate of drug-likeness (QED) is 0.494. The second kappa shape index (κ2) is 6.90. The topological polar surface area (TPSA) is 86.0 Å². The third-order valence-corrected chi connectivity index (χ3v) is 2.84. The summed E-state index contributed by atoms with van der Waals surface area (Å²) in [6.07, 6.45) is -0.0427. The zero-order valence-corrected chi connectivity index (χ0v) is 11.6. The van der Waals surface area contributed by atoms with Crippen LogP contribution in [-0.2, 0) is 20.7 Å². The van der Waals surface area contributed by atoms with Gasteiger partial charge in [-0.2, -0.15) is 0 Å². The molecule has 0 aliphatic heterocycles. The predicted molar refractivity (Wildman–Crippen MR) is 75.3 cm³/mol. The van der Waals surface area contributed by atoms with Crippen molar-refractivity contribution >= 4 is 16.9 Å². The highest BCUT2D eigenvalue weighted by Gasteiger charge is 2.11. The van der Waals surface area contributed by atoms with Gasteiger partial charge < -0.3 is 19.0 Å². The van der Waals surface area contributed by atoms with Crippen molar-refractivity contribution in [2.45, 2.75) is 13.3 Å². The number of hydrogen-bond donors (Lipinski definition) is 1. The van der Waals surface area contributed by atoms with Gasteiger partial charge in [0.15, 0.2) is 0 Å². The van der Waals surface area contributed by atoms with Gasteiger partial charge in [-0.3, -0.25) is 4.79 Å². The van der Waals surface area contributed by atoms with Gasteiger partial charge in [0.2, 0.25) is 0 Å². The van der Waals surface area contributed by atoms with E-state index in [-0.39, 0.29) is 24.4 Å². The van der Waals surface area contributed by atoms with Gasteiger partial charge in [0.05, 0.1) is 13.0 Å². The minimum absolute atomic E-state index is 0.0120. The molecule has 1 N–H and O–H groups in total. The Kier molecular flexibility index (Phi) is 4.94. The fourth-order valence-corrected chi connectivity index (χ4v) is 1.93. The molecule has 1 aromatic carbocycles. The Hall–Kier alpha value is -2.34. The Balaban J connectivity index is 2.14. The number of benzene rings is 1. The van der Waals surface area contributed by atoms with Crippen LogP contribution in [0.15, 0.2) is 33.5 Å². The van der Waals surface area contributed by atoms with Gasteiger partial charge in [-0.15, -0.1) is 0 Å².